The predicted octanol–water partition coefficient (Wildman–Crippen LogP) is 4.55. The highest BCUT2D eigenvalue weighted by molar-refractivity contribution is 7.17. The van der Waals surface area contributed by atoms with Gasteiger partial charge in [0.1, 0.15) is 5.00 Å². The van der Waals surface area contributed by atoms with Crippen molar-refractivity contribution in [2.24, 2.45) is 5.92 Å². The Balaban J connectivity index is 1.54. The van der Waals surface area contributed by atoms with Crippen LogP contribution in [0.2, 0.25) is 0 Å². The first kappa shape index (κ1) is 17.3. The second kappa shape index (κ2) is 7.23. The third kappa shape index (κ3) is 3.28. The molecule has 4 rings (SSSR count). The van der Waals surface area contributed by atoms with Gasteiger partial charge in [-0.05, 0) is 56.1 Å². The number of thiophene rings is 1. The van der Waals surface area contributed by atoms with E-state index in [2.05, 4.69) is 17.4 Å². The van der Waals surface area contributed by atoms with Crippen molar-refractivity contribution in [3.63, 3.8) is 0 Å². The summed E-state index contributed by atoms with van der Waals surface area (Å²) in [6.45, 7) is 2.15. The van der Waals surface area contributed by atoms with Gasteiger partial charge >= 0.3 is 5.97 Å². The zero-order chi connectivity index (χ0) is 18.1. The maximum absolute atomic E-state index is 12.7. The number of carbonyl (C=O) groups is 2. The molecule has 2 aliphatic carbocycles. The molecular weight excluding hydrogens is 346 g/mol. The number of amides is 1. The molecule has 1 aromatic heterocycles. The second-order valence-corrected chi connectivity index (χ2v) is 8.09. The second-order valence-electron chi connectivity index (χ2n) is 6.98. The minimum Gasteiger partial charge on any atom is -0.462 e. The lowest BCUT2D eigenvalue weighted by Gasteiger charge is -2.12. The van der Waals surface area contributed by atoms with Crippen molar-refractivity contribution in [2.45, 2.75) is 44.9 Å². The SMILES string of the molecule is CCOC(=O)c1c(NC(=O)[C@H]2C[C@H]2c2ccccc2)sc2c1CCCC2. The molecule has 136 valence electrons. The van der Waals surface area contributed by atoms with Crippen molar-refractivity contribution < 1.29 is 14.3 Å². The van der Waals surface area contributed by atoms with E-state index >= 15 is 0 Å². The standard InChI is InChI=1S/C21H23NO3S/c1-2-25-21(24)18-14-10-6-7-11-17(14)26-20(18)22-19(23)16-12-15(16)13-8-4-3-5-9-13/h3-5,8-9,15-16H,2,6-7,10-12H2,1H3,(H,22,23)/t15-,16-/m0/s1. The molecule has 2 aromatic rings. The van der Waals surface area contributed by atoms with Crippen LogP contribution in [0.4, 0.5) is 5.00 Å². The highest BCUT2D eigenvalue weighted by Gasteiger charge is 2.44. The average Bonchev–Trinajstić information content (AvgIpc) is 3.38. The lowest BCUT2D eigenvalue weighted by molar-refractivity contribution is -0.117. The molecule has 0 bridgehead atoms. The molecular formula is C21H23NO3S. The molecule has 0 saturated heterocycles. The van der Waals surface area contributed by atoms with Gasteiger partial charge in [-0.3, -0.25) is 4.79 Å². The molecule has 1 amide bonds. The molecule has 0 radical (unpaired) electrons. The zero-order valence-corrected chi connectivity index (χ0v) is 15.7. The molecule has 5 heteroatoms. The van der Waals surface area contributed by atoms with Crippen molar-refractivity contribution >= 4 is 28.2 Å². The molecule has 2 aliphatic rings. The summed E-state index contributed by atoms with van der Waals surface area (Å²) in [5.74, 6) is -0.0102. The summed E-state index contributed by atoms with van der Waals surface area (Å²) in [5.41, 5.74) is 2.89. The summed E-state index contributed by atoms with van der Waals surface area (Å²) >= 11 is 1.55. The minimum atomic E-state index is -0.308. The molecule has 1 aromatic carbocycles. The van der Waals surface area contributed by atoms with Gasteiger partial charge in [-0.25, -0.2) is 4.79 Å². The van der Waals surface area contributed by atoms with Crippen LogP contribution in [0.5, 0.6) is 0 Å². The molecule has 0 spiro atoms. The van der Waals surface area contributed by atoms with Crippen LogP contribution in [0.1, 0.15) is 58.5 Å². The number of anilines is 1. The number of esters is 1. The van der Waals surface area contributed by atoms with E-state index in [1.165, 1.54) is 10.4 Å². The molecule has 1 N–H and O–H groups in total. The van der Waals surface area contributed by atoms with E-state index in [9.17, 15) is 9.59 Å². The third-order valence-corrected chi connectivity index (χ3v) is 6.45. The normalized spacial score (nSPS) is 21.0. The van der Waals surface area contributed by atoms with Gasteiger partial charge in [-0.1, -0.05) is 30.3 Å². The van der Waals surface area contributed by atoms with Crippen LogP contribution >= 0.6 is 11.3 Å². The first-order valence-corrected chi connectivity index (χ1v) is 10.2. The van der Waals surface area contributed by atoms with Crippen LogP contribution in [0.15, 0.2) is 30.3 Å². The third-order valence-electron chi connectivity index (χ3n) is 5.24. The van der Waals surface area contributed by atoms with E-state index in [-0.39, 0.29) is 23.7 Å². The van der Waals surface area contributed by atoms with Gasteiger partial charge in [0, 0.05) is 10.8 Å². The zero-order valence-electron chi connectivity index (χ0n) is 14.9. The fourth-order valence-corrected chi connectivity index (χ4v) is 5.11. The van der Waals surface area contributed by atoms with Gasteiger partial charge in [-0.2, -0.15) is 0 Å². The summed E-state index contributed by atoms with van der Waals surface area (Å²) in [7, 11) is 0. The lowest BCUT2D eigenvalue weighted by Crippen LogP contribution is -2.17. The van der Waals surface area contributed by atoms with E-state index in [0.29, 0.717) is 17.2 Å². The lowest BCUT2D eigenvalue weighted by atomic mass is 9.95. The molecule has 0 aliphatic heterocycles. The van der Waals surface area contributed by atoms with Crippen LogP contribution < -0.4 is 5.32 Å². The van der Waals surface area contributed by atoms with Gasteiger partial charge in [0.05, 0.1) is 12.2 Å². The quantitative estimate of drug-likeness (QED) is 0.787. The highest BCUT2D eigenvalue weighted by Crippen LogP contribution is 2.48. The highest BCUT2D eigenvalue weighted by atomic mass is 32.1. The Bertz CT molecular complexity index is 827. The molecule has 1 fully saturated rings. The average molecular weight is 369 g/mol. The topological polar surface area (TPSA) is 55.4 Å². The van der Waals surface area contributed by atoms with Crippen molar-refractivity contribution in [1.29, 1.82) is 0 Å². The fourth-order valence-electron chi connectivity index (χ4n) is 3.83. The Morgan fingerprint density at radius 3 is 2.73 bits per heavy atom. The Morgan fingerprint density at radius 2 is 1.96 bits per heavy atom. The van der Waals surface area contributed by atoms with Crippen LogP contribution in [0.3, 0.4) is 0 Å². The number of benzene rings is 1. The van der Waals surface area contributed by atoms with Crippen LogP contribution in [-0.4, -0.2) is 18.5 Å². The van der Waals surface area contributed by atoms with Crippen molar-refractivity contribution in [2.75, 3.05) is 11.9 Å². The Morgan fingerprint density at radius 1 is 1.19 bits per heavy atom. The number of fused-ring (bicyclic) bond motifs is 1. The van der Waals surface area contributed by atoms with Crippen LogP contribution in [-0.2, 0) is 22.4 Å². The molecule has 1 heterocycles. The Labute approximate surface area is 157 Å². The van der Waals surface area contributed by atoms with Crippen molar-refractivity contribution in [1.82, 2.24) is 0 Å². The molecule has 4 nitrogen and oxygen atoms in total. The van der Waals surface area contributed by atoms with E-state index in [1.54, 1.807) is 11.3 Å². The first-order valence-electron chi connectivity index (χ1n) is 9.36. The summed E-state index contributed by atoms with van der Waals surface area (Å²) in [6, 6.07) is 10.2. The first-order chi connectivity index (χ1) is 12.7. The van der Waals surface area contributed by atoms with Crippen molar-refractivity contribution in [3.05, 3.63) is 51.9 Å². The summed E-state index contributed by atoms with van der Waals surface area (Å²) in [4.78, 5) is 26.5. The number of nitrogens with one attached hydrogen (secondary N) is 1. The van der Waals surface area contributed by atoms with Crippen molar-refractivity contribution in [3.8, 4) is 0 Å². The largest absolute Gasteiger partial charge is 0.462 e. The summed E-state index contributed by atoms with van der Waals surface area (Å²) in [5, 5.41) is 3.73. The van der Waals surface area contributed by atoms with E-state index in [1.807, 2.05) is 25.1 Å². The van der Waals surface area contributed by atoms with Gasteiger partial charge < -0.3 is 10.1 Å². The minimum absolute atomic E-state index is 0.00780. The number of hydrogen-bond acceptors (Lipinski definition) is 4. The van der Waals surface area contributed by atoms with Gasteiger partial charge in [0.2, 0.25) is 5.91 Å². The number of hydrogen-bond donors (Lipinski definition) is 1. The number of rotatable bonds is 5. The molecule has 0 unspecified atom stereocenters. The Kier molecular flexibility index (Phi) is 4.81. The van der Waals surface area contributed by atoms with E-state index in [4.69, 9.17) is 4.74 Å². The van der Waals surface area contributed by atoms with E-state index in [0.717, 1.165) is 37.7 Å². The van der Waals surface area contributed by atoms with Crippen LogP contribution in [0, 0.1) is 5.92 Å². The summed E-state index contributed by atoms with van der Waals surface area (Å²) < 4.78 is 5.26. The molecule has 26 heavy (non-hydrogen) atoms. The van der Waals surface area contributed by atoms with Gasteiger partial charge in [0.25, 0.3) is 0 Å². The van der Waals surface area contributed by atoms with E-state index < -0.39 is 0 Å². The van der Waals surface area contributed by atoms with Crippen LogP contribution in [0.25, 0.3) is 0 Å². The van der Waals surface area contributed by atoms with Gasteiger partial charge in [0.15, 0.2) is 0 Å². The molecule has 2 atom stereocenters. The number of aryl methyl sites for hydroxylation is 1. The van der Waals surface area contributed by atoms with Gasteiger partial charge in [-0.15, -0.1) is 11.3 Å². The predicted molar refractivity (Wildman–Crippen MR) is 103 cm³/mol. The monoisotopic (exact) mass is 369 g/mol. The fraction of sp³-hybridized carbons (Fsp3) is 0.429. The Hall–Kier alpha value is -2.14. The number of carbonyl (C=O) groups excluding carboxylic acids is 2. The molecule has 1 saturated carbocycles. The maximum atomic E-state index is 12.7. The number of ether oxygens (including phenoxy) is 1. The summed E-state index contributed by atoms with van der Waals surface area (Å²) in [6.07, 6.45) is 4.98. The maximum Gasteiger partial charge on any atom is 0.341 e. The smallest absolute Gasteiger partial charge is 0.341 e.